The number of carbonyl (C=O) groups excluding carboxylic acids is 1. The molecular weight excluding hydrogens is 493 g/mol. The molecule has 0 saturated carbocycles. The van der Waals surface area contributed by atoms with Crippen molar-refractivity contribution in [1.82, 2.24) is 29.9 Å². The summed E-state index contributed by atoms with van der Waals surface area (Å²) in [5, 5.41) is 8.48. The van der Waals surface area contributed by atoms with Gasteiger partial charge >= 0.3 is 0 Å². The molecule has 1 aliphatic rings. The van der Waals surface area contributed by atoms with Crippen molar-refractivity contribution in [3.05, 3.63) is 60.2 Å². The maximum absolute atomic E-state index is 13.3. The maximum Gasteiger partial charge on any atom is 0.246 e. The van der Waals surface area contributed by atoms with Gasteiger partial charge in [0.2, 0.25) is 11.7 Å². The molecule has 0 radical (unpaired) electrons. The molecule has 38 heavy (non-hydrogen) atoms. The van der Waals surface area contributed by atoms with Crippen molar-refractivity contribution in [2.24, 2.45) is 0 Å². The van der Waals surface area contributed by atoms with Crippen molar-refractivity contribution in [3.63, 3.8) is 0 Å². The molecule has 5 rings (SSSR count). The topological polar surface area (TPSA) is 108 Å². The van der Waals surface area contributed by atoms with E-state index in [1.165, 1.54) is 24.5 Å². The van der Waals surface area contributed by atoms with E-state index in [-0.39, 0.29) is 11.7 Å². The van der Waals surface area contributed by atoms with Crippen molar-refractivity contribution in [3.8, 4) is 22.9 Å². The van der Waals surface area contributed by atoms with Gasteiger partial charge in [0.1, 0.15) is 12.1 Å². The van der Waals surface area contributed by atoms with Crippen LogP contribution in [0.5, 0.6) is 17.2 Å². The SMILES string of the molecule is COc1cc(/C=C\C(=O)N2CCN(c3ncnc4c3nnn4-c3ccc(F)cc3)CC2)cc(OC)c1OC. The first-order chi connectivity index (χ1) is 18.5. The van der Waals surface area contributed by atoms with Crippen LogP contribution in [0.4, 0.5) is 10.2 Å². The van der Waals surface area contributed by atoms with Crippen LogP contribution in [0, 0.1) is 5.82 Å². The predicted molar refractivity (Wildman–Crippen MR) is 138 cm³/mol. The zero-order chi connectivity index (χ0) is 26.6. The van der Waals surface area contributed by atoms with Gasteiger partial charge in [-0.1, -0.05) is 5.21 Å². The number of rotatable bonds is 7. The largest absolute Gasteiger partial charge is 0.493 e. The molecule has 0 N–H and O–H groups in total. The van der Waals surface area contributed by atoms with Gasteiger partial charge in [-0.25, -0.2) is 14.4 Å². The summed E-state index contributed by atoms with van der Waals surface area (Å²) < 4.78 is 31.0. The molecule has 1 fully saturated rings. The van der Waals surface area contributed by atoms with E-state index in [9.17, 15) is 9.18 Å². The van der Waals surface area contributed by atoms with Gasteiger partial charge in [-0.05, 0) is 48.0 Å². The third-order valence-corrected chi connectivity index (χ3v) is 6.29. The lowest BCUT2D eigenvalue weighted by Gasteiger charge is -2.34. The van der Waals surface area contributed by atoms with Crippen LogP contribution in [-0.4, -0.2) is 83.3 Å². The second-order valence-corrected chi connectivity index (χ2v) is 8.45. The molecule has 1 saturated heterocycles. The van der Waals surface area contributed by atoms with Gasteiger partial charge in [0.25, 0.3) is 0 Å². The van der Waals surface area contributed by atoms with Crippen LogP contribution in [0.15, 0.2) is 48.8 Å². The van der Waals surface area contributed by atoms with E-state index in [0.29, 0.717) is 66.1 Å². The molecule has 12 heteroatoms. The highest BCUT2D eigenvalue weighted by atomic mass is 19.1. The first-order valence-electron chi connectivity index (χ1n) is 11.9. The first-order valence-corrected chi connectivity index (χ1v) is 11.9. The van der Waals surface area contributed by atoms with Crippen LogP contribution in [0.25, 0.3) is 22.9 Å². The summed E-state index contributed by atoms with van der Waals surface area (Å²) in [5.41, 5.74) is 2.46. The Bertz CT molecular complexity index is 1460. The molecular formula is C26H26FN7O4. The normalized spacial score (nSPS) is 13.8. The van der Waals surface area contributed by atoms with E-state index in [0.717, 1.165) is 5.56 Å². The van der Waals surface area contributed by atoms with E-state index in [4.69, 9.17) is 14.2 Å². The Balaban J connectivity index is 1.28. The highest BCUT2D eigenvalue weighted by Crippen LogP contribution is 2.38. The predicted octanol–water partition coefficient (Wildman–Crippen LogP) is 2.74. The Morgan fingerprint density at radius 2 is 1.63 bits per heavy atom. The molecule has 0 bridgehead atoms. The summed E-state index contributed by atoms with van der Waals surface area (Å²) in [4.78, 5) is 25.5. The molecule has 0 spiro atoms. The summed E-state index contributed by atoms with van der Waals surface area (Å²) in [7, 11) is 4.63. The van der Waals surface area contributed by atoms with Gasteiger partial charge in [0.05, 0.1) is 27.0 Å². The molecule has 1 amide bonds. The zero-order valence-corrected chi connectivity index (χ0v) is 21.2. The Hall–Kier alpha value is -4.74. The molecule has 2 aromatic carbocycles. The van der Waals surface area contributed by atoms with E-state index < -0.39 is 0 Å². The van der Waals surface area contributed by atoms with Crippen molar-refractivity contribution in [1.29, 1.82) is 0 Å². The van der Waals surface area contributed by atoms with Crippen LogP contribution in [0.3, 0.4) is 0 Å². The van der Waals surface area contributed by atoms with Crippen molar-refractivity contribution < 1.29 is 23.4 Å². The smallest absolute Gasteiger partial charge is 0.246 e. The van der Waals surface area contributed by atoms with Gasteiger partial charge in [-0.2, -0.15) is 4.68 Å². The zero-order valence-electron chi connectivity index (χ0n) is 21.2. The highest BCUT2D eigenvalue weighted by molar-refractivity contribution is 5.92. The third kappa shape index (κ3) is 4.80. The van der Waals surface area contributed by atoms with Gasteiger partial charge in [-0.15, -0.1) is 5.10 Å². The van der Waals surface area contributed by atoms with E-state index in [1.807, 2.05) is 0 Å². The molecule has 11 nitrogen and oxygen atoms in total. The number of anilines is 1. The fourth-order valence-electron chi connectivity index (χ4n) is 4.33. The number of aromatic nitrogens is 5. The molecule has 1 aliphatic heterocycles. The molecule has 0 unspecified atom stereocenters. The van der Waals surface area contributed by atoms with E-state index in [2.05, 4.69) is 25.2 Å². The number of carbonyl (C=O) groups is 1. The third-order valence-electron chi connectivity index (χ3n) is 6.29. The summed E-state index contributed by atoms with van der Waals surface area (Å²) in [6.45, 7) is 2.16. The van der Waals surface area contributed by atoms with E-state index >= 15 is 0 Å². The number of methoxy groups -OCH3 is 3. The lowest BCUT2D eigenvalue weighted by molar-refractivity contribution is -0.126. The average Bonchev–Trinajstić information content (AvgIpc) is 3.40. The fourth-order valence-corrected chi connectivity index (χ4v) is 4.33. The summed E-state index contributed by atoms with van der Waals surface area (Å²) in [6.07, 6.45) is 4.72. The molecule has 0 aliphatic carbocycles. The second-order valence-electron chi connectivity index (χ2n) is 8.45. The van der Waals surface area contributed by atoms with Crippen molar-refractivity contribution in [2.45, 2.75) is 0 Å². The van der Waals surface area contributed by atoms with Gasteiger partial charge in [0, 0.05) is 32.3 Å². The number of fused-ring (bicyclic) bond motifs is 1. The minimum Gasteiger partial charge on any atom is -0.493 e. The number of halogens is 1. The van der Waals surface area contributed by atoms with Gasteiger partial charge in [0.15, 0.2) is 28.5 Å². The van der Waals surface area contributed by atoms with Crippen LogP contribution in [-0.2, 0) is 4.79 Å². The highest BCUT2D eigenvalue weighted by Gasteiger charge is 2.24. The number of nitrogens with zero attached hydrogens (tertiary/aromatic N) is 7. The average molecular weight is 520 g/mol. The summed E-state index contributed by atoms with van der Waals surface area (Å²) >= 11 is 0. The Kier molecular flexibility index (Phi) is 7.03. The summed E-state index contributed by atoms with van der Waals surface area (Å²) in [6, 6.07) is 9.50. The molecule has 3 heterocycles. The number of piperazine rings is 1. The monoisotopic (exact) mass is 519 g/mol. The summed E-state index contributed by atoms with van der Waals surface area (Å²) in [5.74, 6) is 1.72. The maximum atomic E-state index is 13.3. The second kappa shape index (κ2) is 10.7. The minimum absolute atomic E-state index is 0.103. The van der Waals surface area contributed by atoms with Crippen molar-refractivity contribution >= 4 is 29.0 Å². The number of hydrogen-bond donors (Lipinski definition) is 0. The number of amides is 1. The fraction of sp³-hybridized carbons (Fsp3) is 0.269. The molecule has 4 aromatic rings. The standard InChI is InChI=1S/C26H26FN7O4/c1-36-20-14-17(15-21(37-2)24(20)38-3)4-9-22(35)32-10-12-33(13-11-32)25-23-26(29-16-28-25)34(31-30-23)19-7-5-18(27)6-8-19/h4-9,14-16H,10-13H2,1-3H3/b9-4-. The Labute approximate surface area is 218 Å². The van der Waals surface area contributed by atoms with Gasteiger partial charge < -0.3 is 24.0 Å². The Morgan fingerprint density at radius 3 is 2.26 bits per heavy atom. The van der Waals surface area contributed by atoms with Crippen LogP contribution < -0.4 is 19.1 Å². The quantitative estimate of drug-likeness (QED) is 0.341. The van der Waals surface area contributed by atoms with Crippen LogP contribution in [0.2, 0.25) is 0 Å². The first kappa shape index (κ1) is 24.9. The lowest BCUT2D eigenvalue weighted by atomic mass is 10.1. The molecule has 2 aromatic heterocycles. The lowest BCUT2D eigenvalue weighted by Crippen LogP contribution is -2.48. The molecule has 196 valence electrons. The van der Waals surface area contributed by atoms with Crippen LogP contribution in [0.1, 0.15) is 5.56 Å². The van der Waals surface area contributed by atoms with Crippen molar-refractivity contribution in [2.75, 3.05) is 52.4 Å². The molecule has 0 atom stereocenters. The van der Waals surface area contributed by atoms with E-state index in [1.54, 1.807) is 61.3 Å². The number of ether oxygens (including phenoxy) is 3. The number of hydrogen-bond acceptors (Lipinski definition) is 9. The van der Waals surface area contributed by atoms with Crippen LogP contribution >= 0.6 is 0 Å². The van der Waals surface area contributed by atoms with Gasteiger partial charge in [-0.3, -0.25) is 4.79 Å². The number of benzene rings is 2. The minimum atomic E-state index is -0.334. The Morgan fingerprint density at radius 1 is 0.947 bits per heavy atom.